The van der Waals surface area contributed by atoms with E-state index in [9.17, 15) is 0 Å². The third-order valence-corrected chi connectivity index (χ3v) is 5.50. The van der Waals surface area contributed by atoms with Crippen LogP contribution in [-0.2, 0) is 6.42 Å². The molecule has 1 unspecified atom stereocenters. The molecular formula is C16H19BrN2S. The summed E-state index contributed by atoms with van der Waals surface area (Å²) < 4.78 is 1.25. The molecule has 0 fully saturated rings. The van der Waals surface area contributed by atoms with Crippen LogP contribution in [0.1, 0.15) is 29.3 Å². The Kier molecular flexibility index (Phi) is 4.03. The number of thiophene rings is 1. The van der Waals surface area contributed by atoms with Crippen molar-refractivity contribution in [2.24, 2.45) is 0 Å². The molecule has 0 radical (unpaired) electrons. The second kappa shape index (κ2) is 5.78. The Morgan fingerprint density at radius 1 is 1.30 bits per heavy atom. The number of halogens is 1. The van der Waals surface area contributed by atoms with Gasteiger partial charge in [0.1, 0.15) is 0 Å². The van der Waals surface area contributed by atoms with E-state index in [0.29, 0.717) is 6.04 Å². The summed E-state index contributed by atoms with van der Waals surface area (Å²) in [6.07, 6.45) is 3.70. The van der Waals surface area contributed by atoms with Crippen molar-refractivity contribution in [1.82, 2.24) is 0 Å². The third-order valence-electron chi connectivity index (χ3n) is 3.79. The quantitative estimate of drug-likeness (QED) is 0.831. The summed E-state index contributed by atoms with van der Waals surface area (Å²) in [5.74, 6) is 0. The lowest BCUT2D eigenvalue weighted by molar-refractivity contribution is 0.609. The smallest absolute Gasteiger partial charge is 0.0705 e. The SMILES string of the molecule is CN(C)c1cccc(NC2CCCc3sc(Br)cc32)c1. The molecule has 0 bridgehead atoms. The van der Waals surface area contributed by atoms with E-state index in [1.54, 1.807) is 0 Å². The number of hydrogen-bond donors (Lipinski definition) is 1. The number of benzene rings is 1. The molecule has 1 N–H and O–H groups in total. The van der Waals surface area contributed by atoms with E-state index in [1.807, 2.05) is 11.3 Å². The van der Waals surface area contributed by atoms with Crippen molar-refractivity contribution in [2.45, 2.75) is 25.3 Å². The molecule has 1 atom stereocenters. The normalized spacial score (nSPS) is 17.6. The number of fused-ring (bicyclic) bond motifs is 1. The van der Waals surface area contributed by atoms with E-state index in [4.69, 9.17) is 0 Å². The molecule has 1 heterocycles. The van der Waals surface area contributed by atoms with Gasteiger partial charge in [0.25, 0.3) is 0 Å². The molecule has 1 aliphatic rings. The molecule has 1 aliphatic carbocycles. The van der Waals surface area contributed by atoms with Crippen LogP contribution in [0.2, 0.25) is 0 Å². The summed E-state index contributed by atoms with van der Waals surface area (Å²) in [5.41, 5.74) is 3.91. The molecule has 0 aliphatic heterocycles. The Hall–Kier alpha value is -1.00. The van der Waals surface area contributed by atoms with Gasteiger partial charge in [-0.05, 0) is 65.0 Å². The van der Waals surface area contributed by atoms with Crippen molar-refractivity contribution in [3.8, 4) is 0 Å². The van der Waals surface area contributed by atoms with Gasteiger partial charge < -0.3 is 10.2 Å². The first kappa shape index (κ1) is 14.0. The minimum absolute atomic E-state index is 0.443. The van der Waals surface area contributed by atoms with Crippen molar-refractivity contribution in [1.29, 1.82) is 0 Å². The molecule has 3 rings (SSSR count). The fourth-order valence-electron chi connectivity index (χ4n) is 2.75. The molecule has 1 aromatic heterocycles. The van der Waals surface area contributed by atoms with Gasteiger partial charge in [0, 0.05) is 30.3 Å². The Morgan fingerprint density at radius 2 is 2.15 bits per heavy atom. The third kappa shape index (κ3) is 2.86. The van der Waals surface area contributed by atoms with Crippen molar-refractivity contribution >= 4 is 38.6 Å². The molecule has 0 spiro atoms. The van der Waals surface area contributed by atoms with Gasteiger partial charge in [0.2, 0.25) is 0 Å². The van der Waals surface area contributed by atoms with Crippen LogP contribution in [0.4, 0.5) is 11.4 Å². The van der Waals surface area contributed by atoms with Crippen LogP contribution in [0.3, 0.4) is 0 Å². The molecule has 0 saturated carbocycles. The predicted molar refractivity (Wildman–Crippen MR) is 92.1 cm³/mol. The predicted octanol–water partition coefficient (Wildman–Crippen LogP) is 5.07. The van der Waals surface area contributed by atoms with Gasteiger partial charge in [-0.3, -0.25) is 0 Å². The lowest BCUT2D eigenvalue weighted by atomic mass is 9.94. The number of anilines is 2. The Bertz CT molecular complexity index is 606. The minimum Gasteiger partial charge on any atom is -0.378 e. The Labute approximate surface area is 132 Å². The Balaban J connectivity index is 1.83. The molecular weight excluding hydrogens is 332 g/mol. The van der Waals surface area contributed by atoms with Crippen LogP contribution < -0.4 is 10.2 Å². The first-order valence-electron chi connectivity index (χ1n) is 6.95. The van der Waals surface area contributed by atoms with Crippen LogP contribution in [0.25, 0.3) is 0 Å². The van der Waals surface area contributed by atoms with Gasteiger partial charge in [-0.1, -0.05) is 6.07 Å². The lowest BCUT2D eigenvalue weighted by Gasteiger charge is -2.25. The van der Waals surface area contributed by atoms with E-state index in [-0.39, 0.29) is 0 Å². The maximum atomic E-state index is 3.70. The van der Waals surface area contributed by atoms with E-state index in [2.05, 4.69) is 70.6 Å². The van der Waals surface area contributed by atoms with Gasteiger partial charge in [-0.2, -0.15) is 0 Å². The van der Waals surface area contributed by atoms with Crippen molar-refractivity contribution in [2.75, 3.05) is 24.3 Å². The van der Waals surface area contributed by atoms with E-state index in [1.165, 1.54) is 44.9 Å². The number of rotatable bonds is 3. The summed E-state index contributed by atoms with van der Waals surface area (Å²) in [6.45, 7) is 0. The summed E-state index contributed by atoms with van der Waals surface area (Å²) in [5, 5.41) is 3.70. The zero-order valence-corrected chi connectivity index (χ0v) is 14.2. The second-order valence-electron chi connectivity index (χ2n) is 5.46. The zero-order chi connectivity index (χ0) is 14.1. The van der Waals surface area contributed by atoms with Crippen molar-refractivity contribution in [3.63, 3.8) is 0 Å². The monoisotopic (exact) mass is 350 g/mol. The first-order chi connectivity index (χ1) is 9.63. The average molecular weight is 351 g/mol. The number of hydrogen-bond acceptors (Lipinski definition) is 3. The fraction of sp³-hybridized carbons (Fsp3) is 0.375. The minimum atomic E-state index is 0.443. The molecule has 106 valence electrons. The van der Waals surface area contributed by atoms with Crippen LogP contribution in [0, 0.1) is 0 Å². The number of nitrogens with zero attached hydrogens (tertiary/aromatic N) is 1. The molecule has 0 amide bonds. The summed E-state index contributed by atoms with van der Waals surface area (Å²) in [7, 11) is 4.15. The van der Waals surface area contributed by atoms with E-state index < -0.39 is 0 Å². The fourth-order valence-corrected chi connectivity index (χ4v) is 4.57. The van der Waals surface area contributed by atoms with Gasteiger partial charge in [-0.25, -0.2) is 0 Å². The average Bonchev–Trinajstić information content (AvgIpc) is 2.80. The summed E-state index contributed by atoms with van der Waals surface area (Å²) in [6, 6.07) is 11.4. The standard InChI is InChI=1S/C16H19BrN2S/c1-19(2)12-6-3-5-11(9-12)18-14-7-4-8-15-13(14)10-16(17)20-15/h3,5-6,9-10,14,18H,4,7-8H2,1-2H3. The second-order valence-corrected chi connectivity index (χ2v) is 7.98. The van der Waals surface area contributed by atoms with Gasteiger partial charge in [-0.15, -0.1) is 11.3 Å². The molecule has 0 saturated heterocycles. The summed E-state index contributed by atoms with van der Waals surface area (Å²) in [4.78, 5) is 3.67. The van der Waals surface area contributed by atoms with Gasteiger partial charge >= 0.3 is 0 Å². The van der Waals surface area contributed by atoms with Crippen LogP contribution in [-0.4, -0.2) is 14.1 Å². The molecule has 20 heavy (non-hydrogen) atoms. The maximum absolute atomic E-state index is 3.70. The first-order valence-corrected chi connectivity index (χ1v) is 8.56. The highest BCUT2D eigenvalue weighted by molar-refractivity contribution is 9.11. The van der Waals surface area contributed by atoms with Crippen molar-refractivity contribution in [3.05, 3.63) is 44.6 Å². The molecule has 1 aromatic carbocycles. The molecule has 2 aromatic rings. The van der Waals surface area contributed by atoms with E-state index >= 15 is 0 Å². The zero-order valence-electron chi connectivity index (χ0n) is 11.8. The number of nitrogens with one attached hydrogen (secondary N) is 1. The van der Waals surface area contributed by atoms with Gasteiger partial charge in [0.15, 0.2) is 0 Å². The maximum Gasteiger partial charge on any atom is 0.0705 e. The molecule has 4 heteroatoms. The van der Waals surface area contributed by atoms with Crippen LogP contribution in [0.15, 0.2) is 34.1 Å². The number of aryl methyl sites for hydroxylation is 1. The highest BCUT2D eigenvalue weighted by Crippen LogP contribution is 2.39. The topological polar surface area (TPSA) is 15.3 Å². The highest BCUT2D eigenvalue weighted by Gasteiger charge is 2.22. The van der Waals surface area contributed by atoms with E-state index in [0.717, 1.165) is 0 Å². The van der Waals surface area contributed by atoms with Gasteiger partial charge in [0.05, 0.1) is 9.83 Å². The Morgan fingerprint density at radius 3 is 2.95 bits per heavy atom. The lowest BCUT2D eigenvalue weighted by Crippen LogP contribution is -2.16. The highest BCUT2D eigenvalue weighted by atomic mass is 79.9. The largest absolute Gasteiger partial charge is 0.378 e. The molecule has 2 nitrogen and oxygen atoms in total. The van der Waals surface area contributed by atoms with Crippen LogP contribution >= 0.6 is 27.3 Å². The van der Waals surface area contributed by atoms with Crippen LogP contribution in [0.5, 0.6) is 0 Å². The van der Waals surface area contributed by atoms with Crippen molar-refractivity contribution < 1.29 is 0 Å². The summed E-state index contributed by atoms with van der Waals surface area (Å²) >= 11 is 5.50.